The lowest BCUT2D eigenvalue weighted by Crippen LogP contribution is -2.49. The molecule has 2 amide bonds. The molecule has 9 nitrogen and oxygen atoms in total. The molecule has 0 radical (unpaired) electrons. The van der Waals surface area contributed by atoms with Crippen LogP contribution in [-0.4, -0.2) is 47.5 Å². The first-order chi connectivity index (χ1) is 16.0. The van der Waals surface area contributed by atoms with E-state index in [-0.39, 0.29) is 24.2 Å². The predicted molar refractivity (Wildman–Crippen MR) is 131 cm³/mol. The van der Waals surface area contributed by atoms with E-state index in [1.54, 1.807) is 24.4 Å². The summed E-state index contributed by atoms with van der Waals surface area (Å²) in [4.78, 5) is 35.2. The lowest BCUT2D eigenvalue weighted by atomic mass is 10.1. The molecule has 3 aromatic rings. The number of rotatable bonds is 8. The molecule has 1 unspecified atom stereocenters. The van der Waals surface area contributed by atoms with Gasteiger partial charge in [0.2, 0.25) is 5.91 Å². The lowest BCUT2D eigenvalue weighted by molar-refractivity contribution is -0.120. The maximum absolute atomic E-state index is 12.4. The van der Waals surface area contributed by atoms with Crippen LogP contribution in [-0.2, 0) is 4.79 Å². The molecule has 2 aromatic heterocycles. The topological polar surface area (TPSA) is 125 Å². The molecule has 0 aliphatic carbocycles. The van der Waals surface area contributed by atoms with Crippen molar-refractivity contribution in [2.24, 2.45) is 5.73 Å². The van der Waals surface area contributed by atoms with E-state index in [1.807, 2.05) is 24.3 Å². The molecule has 5 N–H and O–H groups in total. The van der Waals surface area contributed by atoms with E-state index < -0.39 is 5.91 Å². The first-order valence-corrected chi connectivity index (χ1v) is 11.7. The molecule has 4 rings (SSSR count). The first kappa shape index (κ1) is 22.8. The van der Waals surface area contributed by atoms with Gasteiger partial charge in [-0.15, -0.1) is 0 Å². The van der Waals surface area contributed by atoms with Crippen LogP contribution in [0.4, 0.5) is 21.6 Å². The Morgan fingerprint density at radius 1 is 1.24 bits per heavy atom. The number of amides is 2. The molecule has 11 heteroatoms. The minimum absolute atomic E-state index is 0.0273. The number of carbonyl (C=O) groups excluding carboxylic acids is 2. The van der Waals surface area contributed by atoms with Crippen LogP contribution in [0.25, 0.3) is 0 Å². The Bertz CT molecular complexity index is 1120. The summed E-state index contributed by atoms with van der Waals surface area (Å²) < 4.78 is 0. The number of nitrogens with one attached hydrogen (secondary N) is 3. The number of halogens is 1. The van der Waals surface area contributed by atoms with E-state index in [9.17, 15) is 9.59 Å². The standard InChI is InChI=1S/C22H24ClN7O2S/c23-14-5-3-6-15(11-14)26-12-18(31)27-16-7-4-10-30(13-16)22-29-19(20(24)32)21(33-22)28-17-8-1-2-9-25-17/h1-3,5-6,8-9,11,16,26H,4,7,10,12-13H2,(H2,24,32)(H,25,28)(H,27,31). The van der Waals surface area contributed by atoms with Gasteiger partial charge >= 0.3 is 0 Å². The van der Waals surface area contributed by atoms with Crippen LogP contribution in [0, 0.1) is 0 Å². The van der Waals surface area contributed by atoms with Crippen molar-refractivity contribution >= 4 is 56.4 Å². The smallest absolute Gasteiger partial charge is 0.270 e. The van der Waals surface area contributed by atoms with Crippen LogP contribution >= 0.6 is 22.9 Å². The van der Waals surface area contributed by atoms with Gasteiger partial charge < -0.3 is 26.6 Å². The number of hydrogen-bond donors (Lipinski definition) is 4. The van der Waals surface area contributed by atoms with Crippen molar-refractivity contribution in [3.05, 3.63) is 59.4 Å². The Morgan fingerprint density at radius 2 is 2.12 bits per heavy atom. The van der Waals surface area contributed by atoms with Crippen molar-refractivity contribution in [2.45, 2.75) is 18.9 Å². The average Bonchev–Trinajstić information content (AvgIpc) is 3.23. The number of primary amides is 1. The summed E-state index contributed by atoms with van der Waals surface area (Å²) in [5.41, 5.74) is 6.52. The number of nitrogens with zero attached hydrogens (tertiary/aromatic N) is 3. The average molecular weight is 486 g/mol. The zero-order chi connectivity index (χ0) is 23.2. The zero-order valence-corrected chi connectivity index (χ0v) is 19.3. The molecule has 0 saturated carbocycles. The van der Waals surface area contributed by atoms with E-state index in [1.165, 1.54) is 11.3 Å². The minimum Gasteiger partial charge on any atom is -0.376 e. The summed E-state index contributed by atoms with van der Waals surface area (Å²) in [5.74, 6) is -0.104. The van der Waals surface area contributed by atoms with Gasteiger partial charge in [-0.2, -0.15) is 0 Å². The molecule has 33 heavy (non-hydrogen) atoms. The van der Waals surface area contributed by atoms with E-state index >= 15 is 0 Å². The summed E-state index contributed by atoms with van der Waals surface area (Å²) >= 11 is 7.32. The van der Waals surface area contributed by atoms with Gasteiger partial charge in [-0.3, -0.25) is 9.59 Å². The Kier molecular flexibility index (Phi) is 7.26. The molecule has 0 bridgehead atoms. The fraction of sp³-hybridized carbons (Fsp3) is 0.273. The number of pyridine rings is 1. The van der Waals surface area contributed by atoms with Crippen LogP contribution in [0.1, 0.15) is 23.3 Å². The highest BCUT2D eigenvalue weighted by atomic mass is 35.5. The van der Waals surface area contributed by atoms with Gasteiger partial charge in [0.25, 0.3) is 5.91 Å². The quantitative estimate of drug-likeness (QED) is 0.386. The van der Waals surface area contributed by atoms with Gasteiger partial charge in [-0.1, -0.05) is 35.1 Å². The highest BCUT2D eigenvalue weighted by Gasteiger charge is 2.26. The molecule has 1 atom stereocenters. The third kappa shape index (κ3) is 6.11. The number of nitrogens with two attached hydrogens (primary N) is 1. The molecule has 172 valence electrons. The number of thiazole rings is 1. The van der Waals surface area contributed by atoms with Gasteiger partial charge in [0.05, 0.1) is 6.54 Å². The number of benzene rings is 1. The van der Waals surface area contributed by atoms with Crippen molar-refractivity contribution in [3.63, 3.8) is 0 Å². The van der Waals surface area contributed by atoms with Gasteiger partial charge in [0, 0.05) is 36.0 Å². The number of piperidine rings is 1. The predicted octanol–water partition coefficient (Wildman–Crippen LogP) is 3.23. The number of anilines is 4. The lowest BCUT2D eigenvalue weighted by Gasteiger charge is -2.33. The van der Waals surface area contributed by atoms with Crippen LogP contribution in [0.15, 0.2) is 48.7 Å². The van der Waals surface area contributed by atoms with Gasteiger partial charge in [-0.05, 0) is 43.2 Å². The number of hydrogen-bond acceptors (Lipinski definition) is 8. The van der Waals surface area contributed by atoms with Crippen molar-refractivity contribution < 1.29 is 9.59 Å². The van der Waals surface area contributed by atoms with Crippen molar-refractivity contribution in [1.82, 2.24) is 15.3 Å². The molecule has 1 saturated heterocycles. The Hall–Kier alpha value is -3.37. The maximum Gasteiger partial charge on any atom is 0.270 e. The molecular formula is C22H24ClN7O2S. The SMILES string of the molecule is NC(=O)c1nc(N2CCCC(NC(=O)CNc3cccc(Cl)c3)C2)sc1Nc1ccccn1. The molecular weight excluding hydrogens is 462 g/mol. The van der Waals surface area contributed by atoms with Gasteiger partial charge in [0.15, 0.2) is 10.8 Å². The van der Waals surface area contributed by atoms with Crippen LogP contribution in [0.2, 0.25) is 5.02 Å². The van der Waals surface area contributed by atoms with Crippen molar-refractivity contribution in [3.8, 4) is 0 Å². The highest BCUT2D eigenvalue weighted by Crippen LogP contribution is 2.34. The second kappa shape index (κ2) is 10.5. The maximum atomic E-state index is 12.4. The molecule has 3 heterocycles. The summed E-state index contributed by atoms with van der Waals surface area (Å²) in [6, 6.07) is 12.7. The largest absolute Gasteiger partial charge is 0.376 e. The molecule has 1 aliphatic rings. The van der Waals surface area contributed by atoms with E-state index in [0.717, 1.165) is 25.1 Å². The Labute approximate surface area is 200 Å². The molecule has 1 fully saturated rings. The van der Waals surface area contributed by atoms with Crippen molar-refractivity contribution in [1.29, 1.82) is 0 Å². The Balaban J connectivity index is 1.38. The second-order valence-corrected chi connectivity index (χ2v) is 9.01. The van der Waals surface area contributed by atoms with Crippen LogP contribution in [0.5, 0.6) is 0 Å². The first-order valence-electron chi connectivity index (χ1n) is 10.5. The third-order valence-corrected chi connectivity index (χ3v) is 6.36. The minimum atomic E-state index is -0.607. The fourth-order valence-electron chi connectivity index (χ4n) is 3.58. The number of carbonyl (C=O) groups is 2. The third-order valence-electron chi connectivity index (χ3n) is 5.09. The van der Waals surface area contributed by atoms with Gasteiger partial charge in [-0.25, -0.2) is 9.97 Å². The molecule has 0 spiro atoms. The summed E-state index contributed by atoms with van der Waals surface area (Å²) in [5, 5.41) is 11.1. The highest BCUT2D eigenvalue weighted by molar-refractivity contribution is 7.20. The monoisotopic (exact) mass is 485 g/mol. The number of aromatic nitrogens is 2. The molecule has 1 aromatic carbocycles. The van der Waals surface area contributed by atoms with Gasteiger partial charge in [0.1, 0.15) is 10.8 Å². The fourth-order valence-corrected chi connectivity index (χ4v) is 4.78. The van der Waals surface area contributed by atoms with Crippen molar-refractivity contribution in [2.75, 3.05) is 35.2 Å². The van der Waals surface area contributed by atoms with E-state index in [0.29, 0.717) is 27.5 Å². The van der Waals surface area contributed by atoms with E-state index in [2.05, 4.69) is 30.8 Å². The van der Waals surface area contributed by atoms with E-state index in [4.69, 9.17) is 17.3 Å². The molecule has 1 aliphatic heterocycles. The summed E-state index contributed by atoms with van der Waals surface area (Å²) in [6.07, 6.45) is 3.42. The summed E-state index contributed by atoms with van der Waals surface area (Å²) in [7, 11) is 0. The zero-order valence-electron chi connectivity index (χ0n) is 17.8. The normalized spacial score (nSPS) is 15.7. The Morgan fingerprint density at radius 3 is 2.88 bits per heavy atom. The van der Waals surface area contributed by atoms with Crippen LogP contribution < -0.4 is 26.6 Å². The van der Waals surface area contributed by atoms with Crippen LogP contribution in [0.3, 0.4) is 0 Å². The second-order valence-electron chi connectivity index (χ2n) is 7.59. The summed E-state index contributed by atoms with van der Waals surface area (Å²) in [6.45, 7) is 1.53.